The molecule has 1 amide bonds. The van der Waals surface area contributed by atoms with E-state index in [0.717, 1.165) is 24.6 Å². The molecule has 142 valence electrons. The van der Waals surface area contributed by atoms with Crippen molar-refractivity contribution in [1.82, 2.24) is 4.90 Å². The fourth-order valence-corrected chi connectivity index (χ4v) is 2.22. The number of rotatable bonds is 11. The molecule has 0 bridgehead atoms. The molecule has 0 saturated heterocycles. The molecule has 1 atom stereocenters. The van der Waals surface area contributed by atoms with Gasteiger partial charge in [0, 0.05) is 25.2 Å². The van der Waals surface area contributed by atoms with Crippen LogP contribution < -0.4 is 0 Å². The van der Waals surface area contributed by atoms with Crippen molar-refractivity contribution in [1.29, 1.82) is 5.41 Å². The minimum absolute atomic E-state index is 0.00528. The van der Waals surface area contributed by atoms with Crippen molar-refractivity contribution < 1.29 is 19.2 Å². The van der Waals surface area contributed by atoms with Crippen LogP contribution in [0.25, 0.3) is 0 Å². The van der Waals surface area contributed by atoms with Crippen LogP contribution in [0.2, 0.25) is 0 Å². The summed E-state index contributed by atoms with van der Waals surface area (Å²) < 4.78 is 5.04. The summed E-state index contributed by atoms with van der Waals surface area (Å²) in [5.74, 6) is -1.28. The van der Waals surface area contributed by atoms with Gasteiger partial charge in [-0.05, 0) is 24.6 Å². The average molecular weight is 363 g/mol. The second-order valence-corrected chi connectivity index (χ2v) is 6.04. The molecule has 8 heteroatoms. The average Bonchev–Trinajstić information content (AvgIpc) is 2.63. The number of ether oxygens (including phenoxy) is 1. The van der Waals surface area contributed by atoms with Gasteiger partial charge >= 0.3 is 5.97 Å². The Morgan fingerprint density at radius 1 is 1.35 bits per heavy atom. The zero-order valence-corrected chi connectivity index (χ0v) is 15.1. The largest absolute Gasteiger partial charge is 0.455 e. The zero-order chi connectivity index (χ0) is 19.5. The van der Waals surface area contributed by atoms with E-state index in [4.69, 9.17) is 10.1 Å². The van der Waals surface area contributed by atoms with E-state index in [9.17, 15) is 19.7 Å². The maximum absolute atomic E-state index is 12.4. The lowest BCUT2D eigenvalue weighted by Gasteiger charge is -2.23. The lowest BCUT2D eigenvalue weighted by atomic mass is 10.1. The van der Waals surface area contributed by atoms with Crippen molar-refractivity contribution >= 4 is 23.8 Å². The predicted molar refractivity (Wildman–Crippen MR) is 96.9 cm³/mol. The lowest BCUT2D eigenvalue weighted by Crippen LogP contribution is -2.35. The van der Waals surface area contributed by atoms with Gasteiger partial charge in [-0.2, -0.15) is 0 Å². The van der Waals surface area contributed by atoms with Crippen molar-refractivity contribution in [3.63, 3.8) is 0 Å². The van der Waals surface area contributed by atoms with E-state index in [0.29, 0.717) is 13.1 Å². The van der Waals surface area contributed by atoms with E-state index < -0.39 is 16.8 Å². The summed E-state index contributed by atoms with van der Waals surface area (Å²) in [6.07, 6.45) is 3.11. The second-order valence-electron chi connectivity index (χ2n) is 6.04. The van der Waals surface area contributed by atoms with Gasteiger partial charge in [0.1, 0.15) is 0 Å². The summed E-state index contributed by atoms with van der Waals surface area (Å²) in [7, 11) is 0. The highest BCUT2D eigenvalue weighted by Gasteiger charge is 2.19. The number of unbranched alkanes of at least 4 members (excludes halogenated alkanes) is 1. The Bertz CT molecular complexity index is 630. The van der Waals surface area contributed by atoms with Gasteiger partial charge in [0.2, 0.25) is 0 Å². The van der Waals surface area contributed by atoms with Crippen LogP contribution in [-0.4, -0.2) is 41.1 Å². The molecule has 0 heterocycles. The van der Waals surface area contributed by atoms with Gasteiger partial charge in [-0.1, -0.05) is 32.4 Å². The second kappa shape index (κ2) is 11.0. The molecule has 0 fully saturated rings. The number of nitro benzene ring substituents is 1. The fraction of sp³-hybridized carbons (Fsp3) is 0.500. The molecule has 1 rings (SSSR count). The van der Waals surface area contributed by atoms with E-state index in [-0.39, 0.29) is 24.6 Å². The smallest absolute Gasteiger partial charge is 0.309 e. The summed E-state index contributed by atoms with van der Waals surface area (Å²) in [4.78, 5) is 36.0. The normalized spacial score (nSPS) is 11.5. The molecule has 0 aliphatic heterocycles. The van der Waals surface area contributed by atoms with Crippen LogP contribution in [0, 0.1) is 21.4 Å². The Morgan fingerprint density at radius 3 is 2.54 bits per heavy atom. The number of carbonyl (C=O) groups is 2. The number of nitrogens with one attached hydrogen (secondary N) is 1. The Kier molecular flexibility index (Phi) is 8.97. The van der Waals surface area contributed by atoms with Gasteiger partial charge in [0.25, 0.3) is 11.6 Å². The molecule has 0 saturated carbocycles. The van der Waals surface area contributed by atoms with Crippen LogP contribution in [0.4, 0.5) is 5.69 Å². The van der Waals surface area contributed by atoms with E-state index in [1.807, 2.05) is 6.92 Å². The van der Waals surface area contributed by atoms with Crippen LogP contribution >= 0.6 is 0 Å². The number of amides is 1. The quantitative estimate of drug-likeness (QED) is 0.281. The maximum atomic E-state index is 12.4. The highest BCUT2D eigenvalue weighted by molar-refractivity contribution is 5.82. The first-order valence-electron chi connectivity index (χ1n) is 8.55. The first-order chi connectivity index (χ1) is 12.4. The third-order valence-electron chi connectivity index (χ3n) is 3.87. The topological polar surface area (TPSA) is 114 Å². The summed E-state index contributed by atoms with van der Waals surface area (Å²) >= 11 is 0. The Labute approximate surface area is 152 Å². The number of nitro groups is 1. The van der Waals surface area contributed by atoms with E-state index in [2.05, 4.69) is 0 Å². The third kappa shape index (κ3) is 7.00. The molecule has 0 aliphatic rings. The van der Waals surface area contributed by atoms with Crippen molar-refractivity contribution in [2.45, 2.75) is 39.7 Å². The van der Waals surface area contributed by atoms with Gasteiger partial charge in [0.15, 0.2) is 6.61 Å². The summed E-state index contributed by atoms with van der Waals surface area (Å²) in [6, 6.07) is 6.03. The molecule has 0 aromatic heterocycles. The van der Waals surface area contributed by atoms with Gasteiger partial charge in [0.05, 0.1) is 10.8 Å². The summed E-state index contributed by atoms with van der Waals surface area (Å²) in [6.45, 7) is 4.11. The fourth-order valence-electron chi connectivity index (χ4n) is 2.22. The first-order valence-corrected chi connectivity index (χ1v) is 8.55. The predicted octanol–water partition coefficient (Wildman–Crippen LogP) is 2.94. The highest BCUT2D eigenvalue weighted by atomic mass is 16.6. The minimum Gasteiger partial charge on any atom is -0.455 e. The number of nitrogens with zero attached hydrogens (tertiary/aromatic N) is 2. The molecule has 1 aromatic carbocycles. The van der Waals surface area contributed by atoms with E-state index in [1.165, 1.54) is 12.1 Å². The SMILES string of the molecule is CCCCN(Cc1ccc([N+](=O)[O-])cc1)C(=O)COC(=O)C(C)CC=N. The van der Waals surface area contributed by atoms with Crippen LogP contribution in [0.1, 0.15) is 38.7 Å². The van der Waals surface area contributed by atoms with Crippen molar-refractivity contribution in [3.05, 3.63) is 39.9 Å². The molecule has 0 aliphatic carbocycles. The van der Waals surface area contributed by atoms with Crippen LogP contribution in [0.15, 0.2) is 24.3 Å². The highest BCUT2D eigenvalue weighted by Crippen LogP contribution is 2.14. The van der Waals surface area contributed by atoms with Crippen LogP contribution in [0.5, 0.6) is 0 Å². The zero-order valence-electron chi connectivity index (χ0n) is 15.1. The van der Waals surface area contributed by atoms with Crippen LogP contribution in [-0.2, 0) is 20.9 Å². The number of benzene rings is 1. The van der Waals surface area contributed by atoms with Crippen molar-refractivity contribution in [2.24, 2.45) is 5.92 Å². The Balaban J connectivity index is 2.69. The van der Waals surface area contributed by atoms with Gasteiger partial charge in [-0.15, -0.1) is 0 Å². The number of hydrogen-bond acceptors (Lipinski definition) is 6. The molecular weight excluding hydrogens is 338 g/mol. The molecule has 0 radical (unpaired) electrons. The monoisotopic (exact) mass is 363 g/mol. The number of hydrogen-bond donors (Lipinski definition) is 1. The van der Waals surface area contributed by atoms with E-state index >= 15 is 0 Å². The molecular formula is C18H25N3O5. The lowest BCUT2D eigenvalue weighted by molar-refractivity contribution is -0.384. The molecule has 0 spiro atoms. The Hall–Kier alpha value is -2.77. The molecule has 1 aromatic rings. The maximum Gasteiger partial charge on any atom is 0.309 e. The van der Waals surface area contributed by atoms with Crippen molar-refractivity contribution in [3.8, 4) is 0 Å². The van der Waals surface area contributed by atoms with Crippen molar-refractivity contribution in [2.75, 3.05) is 13.2 Å². The number of non-ortho nitro benzene ring substituents is 1. The standard InChI is InChI=1S/C18H25N3O5/c1-3-4-11-20(12-15-5-7-16(8-6-15)21(24)25)17(22)13-26-18(23)14(2)9-10-19/h5-8,10,14,19H,3-4,9,11-13H2,1-2H3. The van der Waals surface area contributed by atoms with Gasteiger partial charge in [-0.25, -0.2) is 0 Å². The van der Waals surface area contributed by atoms with E-state index in [1.54, 1.807) is 24.0 Å². The number of carbonyl (C=O) groups excluding carboxylic acids is 2. The van der Waals surface area contributed by atoms with Gasteiger partial charge in [-0.3, -0.25) is 19.7 Å². The Morgan fingerprint density at radius 2 is 2.00 bits per heavy atom. The molecule has 1 N–H and O–H groups in total. The van der Waals surface area contributed by atoms with Crippen LogP contribution in [0.3, 0.4) is 0 Å². The summed E-state index contributed by atoms with van der Waals surface area (Å²) in [5, 5.41) is 17.7. The minimum atomic E-state index is -0.507. The molecule has 26 heavy (non-hydrogen) atoms. The van der Waals surface area contributed by atoms with Gasteiger partial charge < -0.3 is 15.0 Å². The molecule has 8 nitrogen and oxygen atoms in total. The number of esters is 1. The third-order valence-corrected chi connectivity index (χ3v) is 3.87. The summed E-state index contributed by atoms with van der Waals surface area (Å²) in [5.41, 5.74) is 0.762. The molecule has 1 unspecified atom stereocenters. The first kappa shape index (κ1) is 21.3.